The number of rotatable bonds is 6. The Morgan fingerprint density at radius 2 is 1.91 bits per heavy atom. The van der Waals surface area contributed by atoms with E-state index in [0.29, 0.717) is 51.9 Å². The maximum Gasteiger partial charge on any atom is 0.231 e. The number of allylic oxidation sites excluding steroid dienone is 1. The van der Waals surface area contributed by atoms with Gasteiger partial charge in [0.15, 0.2) is 24.9 Å². The predicted molar refractivity (Wildman–Crippen MR) is 131 cm³/mol. The zero-order valence-electron chi connectivity index (χ0n) is 19.1. The first-order valence-electron chi connectivity index (χ1n) is 10.9. The highest BCUT2D eigenvalue weighted by Gasteiger charge is 2.31. The molecule has 0 aromatic heterocycles. The number of hydrogen-bond donors (Lipinski definition) is 0. The second-order valence-corrected chi connectivity index (χ2v) is 8.96. The van der Waals surface area contributed by atoms with Gasteiger partial charge in [-0.2, -0.15) is 0 Å². The molecule has 0 saturated heterocycles. The maximum atomic E-state index is 13.0. The SMILES string of the molecule is COc1ccc(C(=O)COc2ccc3c(c2C)O/C(=C\c2cc(Br)cc4c2OCOC4)C3=O)cc1. The lowest BCUT2D eigenvalue weighted by molar-refractivity contribution is -0.0165. The second kappa shape index (κ2) is 9.56. The molecular weight excluding hydrogens is 516 g/mol. The fraction of sp³-hybridized carbons (Fsp3) is 0.185. The molecule has 0 aliphatic carbocycles. The van der Waals surface area contributed by atoms with Crippen molar-refractivity contribution in [1.29, 1.82) is 0 Å². The van der Waals surface area contributed by atoms with Crippen LogP contribution in [-0.4, -0.2) is 32.1 Å². The van der Waals surface area contributed by atoms with E-state index in [1.54, 1.807) is 56.5 Å². The summed E-state index contributed by atoms with van der Waals surface area (Å²) in [6.45, 7) is 2.22. The van der Waals surface area contributed by atoms with Crippen LogP contribution in [0.25, 0.3) is 6.08 Å². The van der Waals surface area contributed by atoms with Gasteiger partial charge < -0.3 is 23.7 Å². The van der Waals surface area contributed by atoms with E-state index < -0.39 is 0 Å². The normalized spacial score (nSPS) is 15.2. The summed E-state index contributed by atoms with van der Waals surface area (Å²) in [5.41, 5.74) is 3.20. The van der Waals surface area contributed by atoms with E-state index in [0.717, 1.165) is 10.0 Å². The molecule has 0 amide bonds. The molecule has 0 bridgehead atoms. The first kappa shape index (κ1) is 23.1. The van der Waals surface area contributed by atoms with Gasteiger partial charge in [0.25, 0.3) is 0 Å². The van der Waals surface area contributed by atoms with Gasteiger partial charge in [-0.15, -0.1) is 0 Å². The summed E-state index contributed by atoms with van der Waals surface area (Å²) < 4.78 is 28.7. The van der Waals surface area contributed by atoms with Crippen molar-refractivity contribution in [3.63, 3.8) is 0 Å². The van der Waals surface area contributed by atoms with E-state index in [4.69, 9.17) is 23.7 Å². The van der Waals surface area contributed by atoms with Crippen molar-refractivity contribution in [2.75, 3.05) is 20.5 Å². The van der Waals surface area contributed by atoms with E-state index in [1.165, 1.54) is 0 Å². The Morgan fingerprint density at radius 1 is 1.11 bits per heavy atom. The monoisotopic (exact) mass is 536 g/mol. The minimum atomic E-state index is -0.232. The number of ether oxygens (including phenoxy) is 5. The van der Waals surface area contributed by atoms with Crippen LogP contribution < -0.4 is 18.9 Å². The molecule has 2 aliphatic heterocycles. The number of fused-ring (bicyclic) bond motifs is 2. The van der Waals surface area contributed by atoms with E-state index in [9.17, 15) is 9.59 Å². The molecule has 0 fully saturated rings. The fourth-order valence-electron chi connectivity index (χ4n) is 3.98. The summed E-state index contributed by atoms with van der Waals surface area (Å²) in [4.78, 5) is 25.6. The van der Waals surface area contributed by atoms with Gasteiger partial charge in [0.1, 0.15) is 23.0 Å². The Labute approximate surface area is 210 Å². The molecule has 0 radical (unpaired) electrons. The minimum Gasteiger partial charge on any atom is -0.497 e. The van der Waals surface area contributed by atoms with Crippen LogP contribution in [0.5, 0.6) is 23.0 Å². The second-order valence-electron chi connectivity index (χ2n) is 8.04. The topological polar surface area (TPSA) is 80.3 Å². The number of carbonyl (C=O) groups excluding carboxylic acids is 2. The molecule has 2 aliphatic rings. The van der Waals surface area contributed by atoms with Crippen LogP contribution in [0.3, 0.4) is 0 Å². The number of carbonyl (C=O) groups is 2. The van der Waals surface area contributed by atoms with Gasteiger partial charge in [0.05, 0.1) is 19.3 Å². The molecule has 5 rings (SSSR count). The average molecular weight is 537 g/mol. The molecule has 2 heterocycles. The molecule has 0 saturated carbocycles. The van der Waals surface area contributed by atoms with Gasteiger partial charge in [-0.25, -0.2) is 0 Å². The zero-order valence-corrected chi connectivity index (χ0v) is 20.6. The Hall–Kier alpha value is -3.62. The summed E-state index contributed by atoms with van der Waals surface area (Å²) in [5, 5.41) is 0. The third kappa shape index (κ3) is 4.54. The van der Waals surface area contributed by atoms with E-state index in [2.05, 4.69) is 15.9 Å². The first-order valence-corrected chi connectivity index (χ1v) is 11.6. The van der Waals surface area contributed by atoms with Crippen LogP contribution in [0.15, 0.2) is 58.8 Å². The highest BCUT2D eigenvalue weighted by atomic mass is 79.9. The van der Waals surface area contributed by atoms with Crippen LogP contribution in [0.4, 0.5) is 0 Å². The van der Waals surface area contributed by atoms with Crippen molar-refractivity contribution in [3.05, 3.63) is 86.6 Å². The van der Waals surface area contributed by atoms with Gasteiger partial charge in [0.2, 0.25) is 5.78 Å². The molecule has 35 heavy (non-hydrogen) atoms. The Kier molecular flexibility index (Phi) is 6.32. The number of ketones is 2. The summed E-state index contributed by atoms with van der Waals surface area (Å²) >= 11 is 3.49. The largest absolute Gasteiger partial charge is 0.497 e. The van der Waals surface area contributed by atoms with E-state index in [-0.39, 0.29) is 30.7 Å². The summed E-state index contributed by atoms with van der Waals surface area (Å²) in [6, 6.07) is 13.9. The van der Waals surface area contributed by atoms with Crippen LogP contribution in [0, 0.1) is 6.92 Å². The van der Waals surface area contributed by atoms with Gasteiger partial charge >= 0.3 is 0 Å². The van der Waals surface area contributed by atoms with Crippen molar-refractivity contribution < 1.29 is 33.3 Å². The molecule has 7 nitrogen and oxygen atoms in total. The summed E-state index contributed by atoms with van der Waals surface area (Å²) in [7, 11) is 1.57. The van der Waals surface area contributed by atoms with E-state index >= 15 is 0 Å². The van der Waals surface area contributed by atoms with Crippen molar-refractivity contribution in [2.24, 2.45) is 0 Å². The summed E-state index contributed by atoms with van der Waals surface area (Å²) in [5.74, 6) is 2.01. The third-order valence-corrected chi connectivity index (χ3v) is 6.26. The predicted octanol–water partition coefficient (Wildman–Crippen LogP) is 5.51. The standard InChI is InChI=1S/C27H21BrO7/c1-15-23(33-13-22(29)16-3-5-20(31-2)6-4-16)8-7-21-25(30)24(35-26(15)21)11-17-9-19(28)10-18-12-32-14-34-27(17)18/h3-11H,12-14H2,1-2H3/b24-11-. The number of hydrogen-bond acceptors (Lipinski definition) is 7. The smallest absolute Gasteiger partial charge is 0.231 e. The van der Waals surface area contributed by atoms with Crippen LogP contribution >= 0.6 is 15.9 Å². The third-order valence-electron chi connectivity index (χ3n) is 5.80. The molecule has 0 atom stereocenters. The van der Waals surface area contributed by atoms with Crippen molar-refractivity contribution in [1.82, 2.24) is 0 Å². The average Bonchev–Trinajstić information content (AvgIpc) is 3.19. The van der Waals surface area contributed by atoms with Gasteiger partial charge in [-0.1, -0.05) is 15.9 Å². The fourth-order valence-corrected chi connectivity index (χ4v) is 4.51. The van der Waals surface area contributed by atoms with Crippen molar-refractivity contribution in [3.8, 4) is 23.0 Å². The Balaban J connectivity index is 1.36. The van der Waals surface area contributed by atoms with Gasteiger partial charge in [-0.05, 0) is 61.5 Å². The maximum absolute atomic E-state index is 13.0. The number of methoxy groups -OCH3 is 1. The van der Waals surface area contributed by atoms with E-state index in [1.807, 2.05) is 12.1 Å². The molecule has 0 unspecified atom stereocenters. The minimum absolute atomic E-state index is 0.147. The lowest BCUT2D eigenvalue weighted by atomic mass is 10.0. The molecule has 3 aromatic carbocycles. The lowest BCUT2D eigenvalue weighted by Crippen LogP contribution is -2.12. The molecule has 0 N–H and O–H groups in total. The summed E-state index contributed by atoms with van der Waals surface area (Å²) in [6.07, 6.45) is 1.67. The van der Waals surface area contributed by atoms with Crippen molar-refractivity contribution in [2.45, 2.75) is 13.5 Å². The Bertz CT molecular complexity index is 1360. The molecule has 178 valence electrons. The number of halogens is 1. The molecule has 0 spiro atoms. The van der Waals surface area contributed by atoms with Crippen molar-refractivity contribution >= 4 is 33.6 Å². The Morgan fingerprint density at radius 3 is 2.69 bits per heavy atom. The zero-order chi connectivity index (χ0) is 24.5. The lowest BCUT2D eigenvalue weighted by Gasteiger charge is -2.20. The van der Waals surface area contributed by atoms with Gasteiger partial charge in [0, 0.05) is 26.7 Å². The van der Waals surface area contributed by atoms with Crippen LogP contribution in [0.1, 0.15) is 37.4 Å². The van der Waals surface area contributed by atoms with Gasteiger partial charge in [-0.3, -0.25) is 9.59 Å². The highest BCUT2D eigenvalue weighted by molar-refractivity contribution is 9.10. The molecular formula is C27H21BrO7. The van der Waals surface area contributed by atoms with Crippen LogP contribution in [0.2, 0.25) is 0 Å². The highest BCUT2D eigenvalue weighted by Crippen LogP contribution is 2.41. The molecule has 3 aromatic rings. The van der Waals surface area contributed by atoms with Crippen LogP contribution in [-0.2, 0) is 11.3 Å². The number of Topliss-reactive ketones (excluding diaryl/α,β-unsaturated/α-hetero) is 2. The quantitative estimate of drug-likeness (QED) is 0.303. The number of benzene rings is 3. The molecule has 8 heteroatoms. The first-order chi connectivity index (χ1) is 16.9.